The minimum absolute atomic E-state index is 0.347. The highest BCUT2D eigenvalue weighted by Gasteiger charge is 2.48. The molecule has 1 atom stereocenters. The first kappa shape index (κ1) is 11.0. The second-order valence-electron chi connectivity index (χ2n) is 3.59. The standard InChI is InChI=1S/C9H15NO4/c1-6(11)10-7(8(12)13)9(14-2)4-3-5-9/h7H,3-5H2,1-2H3,(H,10,11)(H,12,13). The summed E-state index contributed by atoms with van der Waals surface area (Å²) in [6, 6.07) is -0.932. The van der Waals surface area contributed by atoms with Crippen LogP contribution in [0.25, 0.3) is 0 Å². The van der Waals surface area contributed by atoms with Crippen LogP contribution in [-0.4, -0.2) is 35.7 Å². The SMILES string of the molecule is COC1(C(NC(C)=O)C(=O)O)CCC1. The summed E-state index contributed by atoms with van der Waals surface area (Å²) in [4.78, 5) is 21.8. The molecule has 14 heavy (non-hydrogen) atoms. The maximum atomic E-state index is 10.9. The molecule has 0 bridgehead atoms. The topological polar surface area (TPSA) is 75.6 Å². The zero-order chi connectivity index (χ0) is 10.8. The zero-order valence-electron chi connectivity index (χ0n) is 8.37. The molecule has 1 aliphatic carbocycles. The van der Waals surface area contributed by atoms with Gasteiger partial charge in [-0.15, -0.1) is 0 Å². The molecule has 1 amide bonds. The molecule has 0 aromatic rings. The van der Waals surface area contributed by atoms with Crippen molar-refractivity contribution in [1.29, 1.82) is 0 Å². The third-order valence-corrected chi connectivity index (χ3v) is 2.73. The average Bonchev–Trinajstić information content (AvgIpc) is 2.00. The second kappa shape index (κ2) is 3.96. The number of hydrogen-bond donors (Lipinski definition) is 2. The van der Waals surface area contributed by atoms with E-state index in [1.54, 1.807) is 0 Å². The molecule has 0 saturated heterocycles. The van der Waals surface area contributed by atoms with Crippen molar-refractivity contribution >= 4 is 11.9 Å². The fourth-order valence-electron chi connectivity index (χ4n) is 1.76. The largest absolute Gasteiger partial charge is 0.480 e. The minimum atomic E-state index is -1.04. The molecule has 80 valence electrons. The van der Waals surface area contributed by atoms with Gasteiger partial charge in [0.25, 0.3) is 0 Å². The summed E-state index contributed by atoms with van der Waals surface area (Å²) in [6.07, 6.45) is 2.30. The van der Waals surface area contributed by atoms with Gasteiger partial charge in [-0.3, -0.25) is 4.79 Å². The Bertz CT molecular complexity index is 242. The normalized spacial score (nSPS) is 20.7. The molecule has 0 aromatic carbocycles. The van der Waals surface area contributed by atoms with Crippen LogP contribution in [0.5, 0.6) is 0 Å². The third kappa shape index (κ3) is 1.87. The molecule has 0 spiro atoms. The van der Waals surface area contributed by atoms with Crippen LogP contribution >= 0.6 is 0 Å². The number of hydrogen-bond acceptors (Lipinski definition) is 3. The molecular formula is C9H15NO4. The zero-order valence-corrected chi connectivity index (χ0v) is 8.37. The predicted molar refractivity (Wildman–Crippen MR) is 48.8 cm³/mol. The highest BCUT2D eigenvalue weighted by atomic mass is 16.5. The van der Waals surface area contributed by atoms with Crippen LogP contribution in [0.15, 0.2) is 0 Å². The highest BCUT2D eigenvalue weighted by molar-refractivity contribution is 5.83. The lowest BCUT2D eigenvalue weighted by Gasteiger charge is -2.44. The Morgan fingerprint density at radius 2 is 2.07 bits per heavy atom. The van der Waals surface area contributed by atoms with Crippen molar-refractivity contribution in [2.75, 3.05) is 7.11 Å². The third-order valence-electron chi connectivity index (χ3n) is 2.73. The molecule has 1 unspecified atom stereocenters. The van der Waals surface area contributed by atoms with Crippen molar-refractivity contribution in [1.82, 2.24) is 5.32 Å². The number of carbonyl (C=O) groups is 2. The fourth-order valence-corrected chi connectivity index (χ4v) is 1.76. The fraction of sp³-hybridized carbons (Fsp3) is 0.778. The molecule has 5 nitrogen and oxygen atoms in total. The number of rotatable bonds is 4. The number of carboxylic acids is 1. The lowest BCUT2D eigenvalue weighted by Crippen LogP contribution is -2.61. The van der Waals surface area contributed by atoms with E-state index >= 15 is 0 Å². The Balaban J connectivity index is 2.75. The van der Waals surface area contributed by atoms with Gasteiger partial charge < -0.3 is 15.2 Å². The van der Waals surface area contributed by atoms with Crippen LogP contribution < -0.4 is 5.32 Å². The van der Waals surface area contributed by atoms with Gasteiger partial charge in [-0.1, -0.05) is 0 Å². The van der Waals surface area contributed by atoms with Gasteiger partial charge in [0, 0.05) is 14.0 Å². The van der Waals surface area contributed by atoms with E-state index in [0.29, 0.717) is 12.8 Å². The van der Waals surface area contributed by atoms with E-state index in [1.807, 2.05) is 0 Å². The Morgan fingerprint density at radius 3 is 2.29 bits per heavy atom. The van der Waals surface area contributed by atoms with E-state index in [1.165, 1.54) is 14.0 Å². The first-order chi connectivity index (χ1) is 6.52. The summed E-state index contributed by atoms with van der Waals surface area (Å²) in [5, 5.41) is 11.4. The van der Waals surface area contributed by atoms with Crippen molar-refractivity contribution in [2.24, 2.45) is 0 Å². The van der Waals surface area contributed by atoms with E-state index in [0.717, 1.165) is 6.42 Å². The molecule has 0 heterocycles. The smallest absolute Gasteiger partial charge is 0.329 e. The van der Waals surface area contributed by atoms with Crippen molar-refractivity contribution in [3.05, 3.63) is 0 Å². The summed E-state index contributed by atoms with van der Waals surface area (Å²) in [6.45, 7) is 1.30. The van der Waals surface area contributed by atoms with Crippen LogP contribution in [0.2, 0.25) is 0 Å². The van der Waals surface area contributed by atoms with E-state index in [4.69, 9.17) is 9.84 Å². The van der Waals surface area contributed by atoms with E-state index < -0.39 is 17.6 Å². The Hall–Kier alpha value is -1.10. The highest BCUT2D eigenvalue weighted by Crippen LogP contribution is 2.38. The van der Waals surface area contributed by atoms with Gasteiger partial charge in [0.2, 0.25) is 5.91 Å². The van der Waals surface area contributed by atoms with Gasteiger partial charge >= 0.3 is 5.97 Å². The van der Waals surface area contributed by atoms with Crippen molar-refractivity contribution in [3.8, 4) is 0 Å². The van der Waals surface area contributed by atoms with Crippen molar-refractivity contribution in [2.45, 2.75) is 37.8 Å². The quantitative estimate of drug-likeness (QED) is 0.678. The summed E-state index contributed by atoms with van der Waals surface area (Å²) in [5.74, 6) is -1.39. The Labute approximate surface area is 82.4 Å². The van der Waals surface area contributed by atoms with Gasteiger partial charge in [-0.05, 0) is 19.3 Å². The van der Waals surface area contributed by atoms with Crippen molar-refractivity contribution < 1.29 is 19.4 Å². The van der Waals surface area contributed by atoms with Gasteiger partial charge in [0.1, 0.15) is 0 Å². The Kier molecular flexibility index (Phi) is 3.10. The minimum Gasteiger partial charge on any atom is -0.480 e. The van der Waals surface area contributed by atoms with Crippen LogP contribution in [-0.2, 0) is 14.3 Å². The second-order valence-corrected chi connectivity index (χ2v) is 3.59. The van der Waals surface area contributed by atoms with Crippen molar-refractivity contribution in [3.63, 3.8) is 0 Å². The van der Waals surface area contributed by atoms with Crippen LogP contribution in [0, 0.1) is 0 Å². The first-order valence-electron chi connectivity index (χ1n) is 4.57. The molecule has 0 aliphatic heterocycles. The molecule has 1 saturated carbocycles. The van der Waals surface area contributed by atoms with Gasteiger partial charge in [-0.2, -0.15) is 0 Å². The molecule has 0 aromatic heterocycles. The number of ether oxygens (including phenoxy) is 1. The molecule has 0 radical (unpaired) electrons. The van der Waals surface area contributed by atoms with Crippen LogP contribution in [0.3, 0.4) is 0 Å². The van der Waals surface area contributed by atoms with Gasteiger partial charge in [-0.25, -0.2) is 4.79 Å². The van der Waals surface area contributed by atoms with E-state index in [-0.39, 0.29) is 5.91 Å². The van der Waals surface area contributed by atoms with E-state index in [2.05, 4.69) is 5.32 Å². The molecule has 2 N–H and O–H groups in total. The van der Waals surface area contributed by atoms with Crippen LogP contribution in [0.4, 0.5) is 0 Å². The monoisotopic (exact) mass is 201 g/mol. The maximum Gasteiger partial charge on any atom is 0.329 e. The maximum absolute atomic E-state index is 10.9. The number of aliphatic carboxylic acids is 1. The van der Waals surface area contributed by atoms with Crippen LogP contribution in [0.1, 0.15) is 26.2 Å². The number of carboxylic acid groups (broad SMARTS) is 1. The molecular weight excluding hydrogens is 186 g/mol. The number of carbonyl (C=O) groups excluding carboxylic acids is 1. The number of nitrogens with one attached hydrogen (secondary N) is 1. The lowest BCUT2D eigenvalue weighted by molar-refractivity contribution is -0.160. The molecule has 1 rings (SSSR count). The summed E-state index contributed by atoms with van der Waals surface area (Å²) < 4.78 is 5.20. The lowest BCUT2D eigenvalue weighted by atomic mass is 9.74. The summed E-state index contributed by atoms with van der Waals surface area (Å²) in [7, 11) is 1.48. The average molecular weight is 201 g/mol. The Morgan fingerprint density at radius 1 is 1.50 bits per heavy atom. The summed E-state index contributed by atoms with van der Waals surface area (Å²) in [5.41, 5.74) is -0.697. The predicted octanol–water partition coefficient (Wildman–Crippen LogP) is 0.145. The first-order valence-corrected chi connectivity index (χ1v) is 4.57. The van der Waals surface area contributed by atoms with E-state index in [9.17, 15) is 9.59 Å². The number of methoxy groups -OCH3 is 1. The van der Waals surface area contributed by atoms with Gasteiger partial charge in [0.15, 0.2) is 6.04 Å². The van der Waals surface area contributed by atoms with Gasteiger partial charge in [0.05, 0.1) is 5.60 Å². The molecule has 5 heteroatoms. The molecule has 1 aliphatic rings. The molecule has 1 fully saturated rings. The number of amides is 1. The summed E-state index contributed by atoms with van der Waals surface area (Å²) >= 11 is 0.